The number of amides is 1. The standard InChI is InChI=1S/C13H16FNO4/c1-3-6-15-12(16)8(2)19-11-7-9(14)4-5-10(11)13(17)18/h4-5,7-8H,3,6H2,1-2H3,(H,15,16)(H,17,18). The predicted molar refractivity (Wildman–Crippen MR) is 66.8 cm³/mol. The topological polar surface area (TPSA) is 75.6 Å². The zero-order chi connectivity index (χ0) is 14.4. The number of nitrogens with one attached hydrogen (secondary N) is 1. The van der Waals surface area contributed by atoms with Crippen LogP contribution >= 0.6 is 0 Å². The summed E-state index contributed by atoms with van der Waals surface area (Å²) in [6, 6.07) is 3.08. The number of carbonyl (C=O) groups is 2. The van der Waals surface area contributed by atoms with Gasteiger partial charge in [0.1, 0.15) is 17.1 Å². The SMILES string of the molecule is CCCNC(=O)C(C)Oc1cc(F)ccc1C(=O)O. The molecule has 0 aliphatic carbocycles. The molecular formula is C13H16FNO4. The molecule has 1 rings (SSSR count). The number of ether oxygens (including phenoxy) is 1. The van der Waals surface area contributed by atoms with Crippen LogP contribution in [0.4, 0.5) is 4.39 Å². The Kier molecular flexibility index (Phi) is 5.29. The van der Waals surface area contributed by atoms with Crippen LogP contribution in [-0.2, 0) is 4.79 Å². The van der Waals surface area contributed by atoms with E-state index in [0.717, 1.165) is 24.6 Å². The summed E-state index contributed by atoms with van der Waals surface area (Å²) in [4.78, 5) is 22.5. The fourth-order valence-corrected chi connectivity index (χ4v) is 1.41. The summed E-state index contributed by atoms with van der Waals surface area (Å²) in [5, 5.41) is 11.6. The van der Waals surface area contributed by atoms with Crippen LogP contribution in [0.5, 0.6) is 5.75 Å². The van der Waals surface area contributed by atoms with Gasteiger partial charge in [-0.25, -0.2) is 9.18 Å². The molecule has 0 heterocycles. The van der Waals surface area contributed by atoms with E-state index in [0.29, 0.717) is 6.54 Å². The van der Waals surface area contributed by atoms with E-state index in [4.69, 9.17) is 9.84 Å². The minimum atomic E-state index is -1.24. The van der Waals surface area contributed by atoms with Gasteiger partial charge < -0.3 is 15.2 Å². The number of carbonyl (C=O) groups excluding carboxylic acids is 1. The Morgan fingerprint density at radius 3 is 2.74 bits per heavy atom. The van der Waals surface area contributed by atoms with Crippen LogP contribution < -0.4 is 10.1 Å². The van der Waals surface area contributed by atoms with Gasteiger partial charge in [-0.15, -0.1) is 0 Å². The van der Waals surface area contributed by atoms with Gasteiger partial charge in [0.15, 0.2) is 6.10 Å². The van der Waals surface area contributed by atoms with Gasteiger partial charge in [0.2, 0.25) is 0 Å². The van der Waals surface area contributed by atoms with Crippen LogP contribution in [0, 0.1) is 5.82 Å². The van der Waals surface area contributed by atoms with E-state index in [9.17, 15) is 14.0 Å². The molecule has 0 fully saturated rings. The van der Waals surface area contributed by atoms with E-state index < -0.39 is 17.9 Å². The van der Waals surface area contributed by atoms with Crippen molar-refractivity contribution in [3.63, 3.8) is 0 Å². The molecule has 0 spiro atoms. The molecule has 5 nitrogen and oxygen atoms in total. The number of carboxylic acids is 1. The number of rotatable bonds is 6. The van der Waals surface area contributed by atoms with E-state index >= 15 is 0 Å². The molecule has 0 saturated heterocycles. The molecule has 0 bridgehead atoms. The Labute approximate surface area is 110 Å². The first-order chi connectivity index (χ1) is 8.95. The van der Waals surface area contributed by atoms with Crippen molar-refractivity contribution in [3.8, 4) is 5.75 Å². The quantitative estimate of drug-likeness (QED) is 0.826. The van der Waals surface area contributed by atoms with Gasteiger partial charge in [0.25, 0.3) is 5.91 Å². The maximum atomic E-state index is 13.1. The van der Waals surface area contributed by atoms with Crippen LogP contribution in [-0.4, -0.2) is 29.6 Å². The molecule has 1 aromatic carbocycles. The normalized spacial score (nSPS) is 11.7. The van der Waals surface area contributed by atoms with E-state index in [-0.39, 0.29) is 17.2 Å². The summed E-state index contributed by atoms with van der Waals surface area (Å²) in [5.41, 5.74) is -0.184. The van der Waals surface area contributed by atoms with Crippen LogP contribution in [0.2, 0.25) is 0 Å². The van der Waals surface area contributed by atoms with Crippen molar-refractivity contribution in [2.24, 2.45) is 0 Å². The summed E-state index contributed by atoms with van der Waals surface area (Å²) in [5.74, 6) is -2.40. The maximum absolute atomic E-state index is 13.1. The van der Waals surface area contributed by atoms with E-state index in [1.54, 1.807) is 0 Å². The fraction of sp³-hybridized carbons (Fsp3) is 0.385. The molecule has 0 aliphatic heterocycles. The Bertz CT molecular complexity index is 476. The Morgan fingerprint density at radius 1 is 1.47 bits per heavy atom. The zero-order valence-corrected chi connectivity index (χ0v) is 10.8. The van der Waals surface area contributed by atoms with Crippen molar-refractivity contribution in [2.75, 3.05) is 6.54 Å². The van der Waals surface area contributed by atoms with Crippen molar-refractivity contribution < 1.29 is 23.8 Å². The van der Waals surface area contributed by atoms with Gasteiger partial charge in [-0.2, -0.15) is 0 Å². The monoisotopic (exact) mass is 269 g/mol. The summed E-state index contributed by atoms with van der Waals surface area (Å²) in [6.45, 7) is 3.88. The second kappa shape index (κ2) is 6.72. The molecule has 0 aliphatic rings. The maximum Gasteiger partial charge on any atom is 0.339 e. The van der Waals surface area contributed by atoms with Crippen LogP contribution in [0.3, 0.4) is 0 Å². The zero-order valence-electron chi connectivity index (χ0n) is 10.8. The highest BCUT2D eigenvalue weighted by atomic mass is 19.1. The lowest BCUT2D eigenvalue weighted by Crippen LogP contribution is -2.36. The highest BCUT2D eigenvalue weighted by Gasteiger charge is 2.19. The van der Waals surface area contributed by atoms with Gasteiger partial charge in [0.05, 0.1) is 0 Å². The second-order valence-corrected chi connectivity index (χ2v) is 4.00. The summed E-state index contributed by atoms with van der Waals surface area (Å²) in [7, 11) is 0. The van der Waals surface area contributed by atoms with E-state index in [1.165, 1.54) is 6.92 Å². The largest absolute Gasteiger partial charge is 0.480 e. The molecule has 1 unspecified atom stereocenters. The smallest absolute Gasteiger partial charge is 0.339 e. The summed E-state index contributed by atoms with van der Waals surface area (Å²) < 4.78 is 18.3. The molecule has 1 aromatic rings. The van der Waals surface area contributed by atoms with Gasteiger partial charge in [0, 0.05) is 12.6 Å². The lowest BCUT2D eigenvalue weighted by molar-refractivity contribution is -0.127. The predicted octanol–water partition coefficient (Wildman–Crippen LogP) is 1.82. The molecule has 6 heteroatoms. The van der Waals surface area contributed by atoms with Crippen LogP contribution in [0.25, 0.3) is 0 Å². The van der Waals surface area contributed by atoms with Gasteiger partial charge in [-0.3, -0.25) is 4.79 Å². The molecule has 0 radical (unpaired) electrons. The average Bonchev–Trinajstić information content (AvgIpc) is 2.35. The molecule has 0 aromatic heterocycles. The third kappa shape index (κ3) is 4.24. The summed E-state index contributed by atoms with van der Waals surface area (Å²) in [6.07, 6.45) is -0.120. The second-order valence-electron chi connectivity index (χ2n) is 4.00. The van der Waals surface area contributed by atoms with Crippen molar-refractivity contribution in [2.45, 2.75) is 26.4 Å². The minimum absolute atomic E-state index is 0.161. The number of hydrogen-bond donors (Lipinski definition) is 2. The molecule has 1 amide bonds. The third-order valence-electron chi connectivity index (χ3n) is 2.40. The average molecular weight is 269 g/mol. The van der Waals surface area contributed by atoms with Crippen LogP contribution in [0.1, 0.15) is 30.6 Å². The van der Waals surface area contributed by atoms with Gasteiger partial charge in [-0.05, 0) is 25.5 Å². The molecular weight excluding hydrogens is 253 g/mol. The number of benzene rings is 1. The Balaban J connectivity index is 2.83. The van der Waals surface area contributed by atoms with Gasteiger partial charge in [-0.1, -0.05) is 6.92 Å². The van der Waals surface area contributed by atoms with Crippen molar-refractivity contribution in [1.82, 2.24) is 5.32 Å². The van der Waals surface area contributed by atoms with E-state index in [2.05, 4.69) is 5.32 Å². The van der Waals surface area contributed by atoms with Crippen molar-refractivity contribution in [3.05, 3.63) is 29.6 Å². The number of carboxylic acid groups (broad SMARTS) is 1. The fourth-order valence-electron chi connectivity index (χ4n) is 1.41. The first-order valence-electron chi connectivity index (χ1n) is 5.93. The lowest BCUT2D eigenvalue weighted by atomic mass is 10.2. The lowest BCUT2D eigenvalue weighted by Gasteiger charge is -2.16. The summed E-state index contributed by atoms with van der Waals surface area (Å²) >= 11 is 0. The highest BCUT2D eigenvalue weighted by Crippen LogP contribution is 2.21. The minimum Gasteiger partial charge on any atom is -0.480 e. The first kappa shape index (κ1) is 14.9. The van der Waals surface area contributed by atoms with E-state index in [1.807, 2.05) is 6.92 Å². The highest BCUT2D eigenvalue weighted by molar-refractivity contribution is 5.91. The molecule has 19 heavy (non-hydrogen) atoms. The molecule has 0 saturated carbocycles. The number of halogens is 1. The Hall–Kier alpha value is -2.11. The number of aromatic carboxylic acids is 1. The number of hydrogen-bond acceptors (Lipinski definition) is 3. The van der Waals surface area contributed by atoms with Crippen molar-refractivity contribution >= 4 is 11.9 Å². The third-order valence-corrected chi connectivity index (χ3v) is 2.40. The molecule has 2 N–H and O–H groups in total. The first-order valence-corrected chi connectivity index (χ1v) is 5.93. The Morgan fingerprint density at radius 2 is 2.16 bits per heavy atom. The van der Waals surface area contributed by atoms with Crippen molar-refractivity contribution in [1.29, 1.82) is 0 Å². The molecule has 104 valence electrons. The van der Waals surface area contributed by atoms with Crippen LogP contribution in [0.15, 0.2) is 18.2 Å². The molecule has 1 atom stereocenters. The van der Waals surface area contributed by atoms with Gasteiger partial charge >= 0.3 is 5.97 Å².